The minimum absolute atomic E-state index is 0.173. The number of amides is 2. The van der Waals surface area contributed by atoms with E-state index in [4.69, 9.17) is 17.2 Å². The molecule has 0 spiro atoms. The standard InChI is InChI=1S/C8H19N5O4S/c1-12(4-2-3-9)18(16,17)13(5-7(10)14)6-8(11)15/h2-6,9H2,1H3,(H2,10,14)(H2,11,15). The van der Waals surface area contributed by atoms with Crippen LogP contribution >= 0.6 is 0 Å². The summed E-state index contributed by atoms with van der Waals surface area (Å²) in [5.41, 5.74) is 15.1. The lowest BCUT2D eigenvalue weighted by molar-refractivity contribution is -0.120. The van der Waals surface area contributed by atoms with Crippen molar-refractivity contribution in [1.82, 2.24) is 8.61 Å². The van der Waals surface area contributed by atoms with Gasteiger partial charge in [0.25, 0.3) is 10.2 Å². The molecule has 0 unspecified atom stereocenters. The van der Waals surface area contributed by atoms with Gasteiger partial charge in [0.05, 0.1) is 13.1 Å². The first-order valence-corrected chi connectivity index (χ1v) is 6.59. The van der Waals surface area contributed by atoms with Crippen LogP contribution in [0.2, 0.25) is 0 Å². The molecule has 0 fully saturated rings. The van der Waals surface area contributed by atoms with Gasteiger partial charge in [0.1, 0.15) is 0 Å². The van der Waals surface area contributed by atoms with E-state index in [1.165, 1.54) is 7.05 Å². The second kappa shape index (κ2) is 7.26. The lowest BCUT2D eigenvalue weighted by Gasteiger charge is -2.25. The topological polar surface area (TPSA) is 153 Å². The van der Waals surface area contributed by atoms with Crippen LogP contribution in [0.25, 0.3) is 0 Å². The fourth-order valence-corrected chi connectivity index (χ4v) is 2.53. The third-order valence-electron chi connectivity index (χ3n) is 2.06. The monoisotopic (exact) mass is 281 g/mol. The summed E-state index contributed by atoms with van der Waals surface area (Å²) in [6.07, 6.45) is 0.455. The van der Waals surface area contributed by atoms with Gasteiger partial charge >= 0.3 is 0 Å². The molecule has 2 amide bonds. The van der Waals surface area contributed by atoms with E-state index in [2.05, 4.69) is 0 Å². The molecule has 0 rings (SSSR count). The molecule has 0 atom stereocenters. The van der Waals surface area contributed by atoms with Crippen molar-refractivity contribution in [3.05, 3.63) is 0 Å². The summed E-state index contributed by atoms with van der Waals surface area (Å²) in [5, 5.41) is 0. The Morgan fingerprint density at radius 3 is 1.89 bits per heavy atom. The van der Waals surface area contributed by atoms with E-state index in [1.54, 1.807) is 0 Å². The average Bonchev–Trinajstić information content (AvgIpc) is 2.23. The normalized spacial score (nSPS) is 12.0. The van der Waals surface area contributed by atoms with Gasteiger partial charge in [-0.05, 0) is 13.0 Å². The Morgan fingerprint density at radius 2 is 1.56 bits per heavy atom. The Labute approximate surface area is 106 Å². The summed E-state index contributed by atoms with van der Waals surface area (Å²) in [4.78, 5) is 21.6. The molecule has 0 radical (unpaired) electrons. The SMILES string of the molecule is CN(CCCN)S(=O)(=O)N(CC(N)=O)CC(N)=O. The summed E-state index contributed by atoms with van der Waals surface area (Å²) in [6, 6.07) is 0. The average molecular weight is 281 g/mol. The van der Waals surface area contributed by atoms with E-state index in [0.29, 0.717) is 17.3 Å². The second-order valence-electron chi connectivity index (χ2n) is 3.67. The zero-order valence-electron chi connectivity index (χ0n) is 10.2. The van der Waals surface area contributed by atoms with Crippen molar-refractivity contribution in [2.24, 2.45) is 17.2 Å². The lowest BCUT2D eigenvalue weighted by Crippen LogP contribution is -2.49. The summed E-state index contributed by atoms with van der Waals surface area (Å²) in [6.45, 7) is -0.700. The zero-order valence-corrected chi connectivity index (χ0v) is 11.0. The van der Waals surface area contributed by atoms with E-state index in [-0.39, 0.29) is 6.54 Å². The van der Waals surface area contributed by atoms with Crippen molar-refractivity contribution in [1.29, 1.82) is 0 Å². The molecule has 0 aromatic heterocycles. The Kier molecular flexibility index (Phi) is 6.76. The van der Waals surface area contributed by atoms with Crippen LogP contribution in [-0.2, 0) is 19.8 Å². The summed E-state index contributed by atoms with van der Waals surface area (Å²) < 4.78 is 25.6. The van der Waals surface area contributed by atoms with Crippen LogP contribution in [0.4, 0.5) is 0 Å². The highest BCUT2D eigenvalue weighted by Crippen LogP contribution is 2.06. The highest BCUT2D eigenvalue weighted by molar-refractivity contribution is 7.86. The first-order chi connectivity index (χ1) is 8.21. The molecule has 0 heterocycles. The first kappa shape index (κ1) is 16.8. The van der Waals surface area contributed by atoms with Crippen LogP contribution in [0.1, 0.15) is 6.42 Å². The molecular formula is C8H19N5O4S. The van der Waals surface area contributed by atoms with Gasteiger partial charge in [0.15, 0.2) is 0 Å². The van der Waals surface area contributed by atoms with E-state index >= 15 is 0 Å². The molecule has 0 aliphatic carbocycles. The highest BCUT2D eigenvalue weighted by Gasteiger charge is 2.29. The second-order valence-corrected chi connectivity index (χ2v) is 5.71. The van der Waals surface area contributed by atoms with Gasteiger partial charge in [0, 0.05) is 13.6 Å². The number of carbonyl (C=O) groups is 2. The maximum Gasteiger partial charge on any atom is 0.282 e. The van der Waals surface area contributed by atoms with Crippen LogP contribution in [0.15, 0.2) is 0 Å². The minimum Gasteiger partial charge on any atom is -0.369 e. The summed E-state index contributed by atoms with van der Waals surface area (Å²) in [5.74, 6) is -1.74. The van der Waals surface area contributed by atoms with Gasteiger partial charge < -0.3 is 17.2 Å². The van der Waals surface area contributed by atoms with Crippen molar-refractivity contribution in [2.75, 3.05) is 33.2 Å². The predicted molar refractivity (Wildman–Crippen MR) is 65.2 cm³/mol. The number of carbonyl (C=O) groups excluding carboxylic acids is 2. The number of nitrogens with two attached hydrogens (primary N) is 3. The minimum atomic E-state index is -3.95. The molecule has 10 heteroatoms. The Morgan fingerprint density at radius 1 is 1.11 bits per heavy atom. The van der Waals surface area contributed by atoms with Gasteiger partial charge in [-0.1, -0.05) is 0 Å². The van der Waals surface area contributed by atoms with Gasteiger partial charge in [-0.3, -0.25) is 9.59 Å². The summed E-state index contributed by atoms with van der Waals surface area (Å²) >= 11 is 0. The van der Waals surface area contributed by atoms with E-state index < -0.39 is 35.1 Å². The molecule has 0 saturated carbocycles. The highest BCUT2D eigenvalue weighted by atomic mass is 32.2. The fraction of sp³-hybridized carbons (Fsp3) is 0.750. The Bertz CT molecular complexity index is 380. The van der Waals surface area contributed by atoms with E-state index in [1.807, 2.05) is 0 Å². The molecule has 0 aromatic rings. The smallest absolute Gasteiger partial charge is 0.282 e. The molecule has 0 aliphatic rings. The molecule has 0 bridgehead atoms. The van der Waals surface area contributed by atoms with E-state index in [9.17, 15) is 18.0 Å². The first-order valence-electron chi connectivity index (χ1n) is 5.20. The third-order valence-corrected chi connectivity index (χ3v) is 3.94. The van der Waals surface area contributed by atoms with E-state index in [0.717, 1.165) is 4.31 Å². The van der Waals surface area contributed by atoms with Gasteiger partial charge in [-0.15, -0.1) is 0 Å². The molecule has 0 aliphatic heterocycles. The Balaban J connectivity index is 4.94. The number of hydrogen-bond donors (Lipinski definition) is 3. The molecule has 106 valence electrons. The molecule has 0 aromatic carbocycles. The maximum atomic E-state index is 12.0. The van der Waals surface area contributed by atoms with Crippen LogP contribution in [-0.4, -0.2) is 62.1 Å². The fourth-order valence-electron chi connectivity index (χ4n) is 1.19. The maximum absolute atomic E-state index is 12.0. The Hall–Kier alpha value is -1.23. The number of rotatable bonds is 9. The molecule has 18 heavy (non-hydrogen) atoms. The number of hydrogen-bond acceptors (Lipinski definition) is 5. The third kappa shape index (κ3) is 5.40. The quantitative estimate of drug-likeness (QED) is 0.406. The van der Waals surface area contributed by atoms with Crippen molar-refractivity contribution in [3.8, 4) is 0 Å². The zero-order chi connectivity index (χ0) is 14.3. The molecule has 0 saturated heterocycles. The predicted octanol–water partition coefficient (Wildman–Crippen LogP) is -3.22. The molecular weight excluding hydrogens is 262 g/mol. The van der Waals surface area contributed by atoms with Crippen molar-refractivity contribution in [3.63, 3.8) is 0 Å². The largest absolute Gasteiger partial charge is 0.369 e. The van der Waals surface area contributed by atoms with Crippen molar-refractivity contribution >= 4 is 22.0 Å². The van der Waals surface area contributed by atoms with Gasteiger partial charge in [-0.2, -0.15) is 17.0 Å². The molecule has 6 N–H and O–H groups in total. The van der Waals surface area contributed by atoms with Gasteiger partial charge in [-0.25, -0.2) is 0 Å². The lowest BCUT2D eigenvalue weighted by atomic mass is 10.4. The van der Waals surface area contributed by atoms with Gasteiger partial charge in [0.2, 0.25) is 11.8 Å². The number of nitrogens with zero attached hydrogens (tertiary/aromatic N) is 2. The van der Waals surface area contributed by atoms with Crippen molar-refractivity contribution < 1.29 is 18.0 Å². The van der Waals surface area contributed by atoms with Crippen molar-refractivity contribution in [2.45, 2.75) is 6.42 Å². The van der Waals surface area contributed by atoms with Crippen LogP contribution in [0.3, 0.4) is 0 Å². The molecule has 9 nitrogen and oxygen atoms in total. The van der Waals surface area contributed by atoms with Crippen LogP contribution in [0.5, 0.6) is 0 Å². The summed E-state index contributed by atoms with van der Waals surface area (Å²) in [7, 11) is -2.63. The van der Waals surface area contributed by atoms with Crippen LogP contribution in [0, 0.1) is 0 Å². The number of primary amides is 2. The van der Waals surface area contributed by atoms with Crippen LogP contribution < -0.4 is 17.2 Å².